The van der Waals surface area contributed by atoms with E-state index in [4.69, 9.17) is 9.52 Å². The van der Waals surface area contributed by atoms with Crippen LogP contribution >= 0.6 is 0 Å². The third kappa shape index (κ3) is 4.29. The van der Waals surface area contributed by atoms with Gasteiger partial charge in [-0.1, -0.05) is 17.3 Å². The zero-order valence-corrected chi connectivity index (χ0v) is 17.0. The summed E-state index contributed by atoms with van der Waals surface area (Å²) in [6, 6.07) is 9.47. The Kier molecular flexibility index (Phi) is 4.94. The molecule has 9 nitrogen and oxygen atoms in total. The molecule has 0 spiro atoms. The van der Waals surface area contributed by atoms with Crippen LogP contribution in [0.3, 0.4) is 0 Å². The molecule has 0 aliphatic rings. The van der Waals surface area contributed by atoms with Gasteiger partial charge in [0.25, 0.3) is 0 Å². The molecule has 0 saturated heterocycles. The molecule has 1 aromatic carbocycles. The van der Waals surface area contributed by atoms with Crippen molar-refractivity contribution >= 4 is 22.9 Å². The number of fused-ring (bicyclic) bond motifs is 1. The van der Waals surface area contributed by atoms with Crippen LogP contribution in [0.4, 0.5) is 5.82 Å². The number of para-hydroxylation sites is 2. The van der Waals surface area contributed by atoms with Crippen molar-refractivity contribution in [2.24, 2.45) is 0 Å². The lowest BCUT2D eigenvalue weighted by molar-refractivity contribution is -0.137. The van der Waals surface area contributed by atoms with E-state index in [-0.39, 0.29) is 18.5 Å². The first kappa shape index (κ1) is 19.6. The van der Waals surface area contributed by atoms with Gasteiger partial charge in [0.05, 0.1) is 24.7 Å². The summed E-state index contributed by atoms with van der Waals surface area (Å²) in [4.78, 5) is 20.0. The maximum atomic E-state index is 10.8. The third-order valence-corrected chi connectivity index (χ3v) is 4.29. The van der Waals surface area contributed by atoms with Crippen molar-refractivity contribution in [3.8, 4) is 22.7 Å². The Morgan fingerprint density at radius 2 is 2.07 bits per heavy atom. The summed E-state index contributed by atoms with van der Waals surface area (Å²) in [5, 5.41) is 20.4. The van der Waals surface area contributed by atoms with Crippen LogP contribution in [0.25, 0.3) is 33.8 Å². The Morgan fingerprint density at radius 1 is 1.27 bits per heavy atom. The SMILES string of the molecule is CC(C)(C)Nc1ncc(-c2cn(CCC(=O)O)nn2)cc1-c1nc2ccccc2o1. The zero-order valence-electron chi connectivity index (χ0n) is 17.0. The molecule has 4 rings (SSSR count). The molecular weight excluding hydrogens is 384 g/mol. The average Bonchev–Trinajstić information content (AvgIpc) is 3.32. The smallest absolute Gasteiger partial charge is 0.305 e. The number of carbonyl (C=O) groups is 1. The molecule has 0 saturated carbocycles. The summed E-state index contributed by atoms with van der Waals surface area (Å²) in [5.74, 6) is 0.219. The summed E-state index contributed by atoms with van der Waals surface area (Å²) in [6.07, 6.45) is 3.38. The molecule has 3 aromatic heterocycles. The van der Waals surface area contributed by atoms with Crippen molar-refractivity contribution in [2.45, 2.75) is 39.3 Å². The van der Waals surface area contributed by atoms with Gasteiger partial charge in [0.1, 0.15) is 17.0 Å². The fourth-order valence-corrected chi connectivity index (χ4v) is 2.96. The van der Waals surface area contributed by atoms with Crippen LogP contribution in [0.15, 0.2) is 47.1 Å². The van der Waals surface area contributed by atoms with E-state index in [1.54, 1.807) is 12.4 Å². The number of aliphatic carboxylic acids is 1. The summed E-state index contributed by atoms with van der Waals surface area (Å²) in [6.45, 7) is 6.39. The predicted molar refractivity (Wildman–Crippen MR) is 112 cm³/mol. The third-order valence-electron chi connectivity index (χ3n) is 4.29. The Hall–Kier alpha value is -3.75. The van der Waals surface area contributed by atoms with Crippen molar-refractivity contribution in [1.82, 2.24) is 25.0 Å². The van der Waals surface area contributed by atoms with Gasteiger partial charge >= 0.3 is 5.97 Å². The second-order valence-corrected chi connectivity index (χ2v) is 7.99. The number of benzene rings is 1. The number of hydrogen-bond donors (Lipinski definition) is 2. The minimum atomic E-state index is -0.885. The number of aryl methyl sites for hydroxylation is 1. The second-order valence-electron chi connectivity index (χ2n) is 7.99. The molecule has 0 radical (unpaired) electrons. The van der Waals surface area contributed by atoms with Crippen molar-refractivity contribution in [3.05, 3.63) is 42.7 Å². The molecule has 0 amide bonds. The van der Waals surface area contributed by atoms with Gasteiger partial charge < -0.3 is 14.8 Å². The monoisotopic (exact) mass is 406 g/mol. The van der Waals surface area contributed by atoms with E-state index < -0.39 is 5.97 Å². The zero-order chi connectivity index (χ0) is 21.3. The number of nitrogens with zero attached hydrogens (tertiary/aromatic N) is 5. The summed E-state index contributed by atoms with van der Waals surface area (Å²) >= 11 is 0. The lowest BCUT2D eigenvalue weighted by Gasteiger charge is -2.22. The molecule has 2 N–H and O–H groups in total. The quantitative estimate of drug-likeness (QED) is 0.496. The number of nitrogens with one attached hydrogen (secondary N) is 1. The van der Waals surface area contributed by atoms with Gasteiger partial charge in [0.15, 0.2) is 5.58 Å². The van der Waals surface area contributed by atoms with Gasteiger partial charge in [-0.25, -0.2) is 9.97 Å². The van der Waals surface area contributed by atoms with Gasteiger partial charge in [-0.3, -0.25) is 9.48 Å². The Bertz CT molecular complexity index is 1170. The van der Waals surface area contributed by atoms with Crippen LogP contribution < -0.4 is 5.32 Å². The van der Waals surface area contributed by atoms with E-state index in [1.807, 2.05) is 51.1 Å². The summed E-state index contributed by atoms with van der Waals surface area (Å²) < 4.78 is 7.48. The van der Waals surface area contributed by atoms with Crippen LogP contribution in [0.1, 0.15) is 27.2 Å². The molecule has 3 heterocycles. The molecule has 0 fully saturated rings. The first-order valence-corrected chi connectivity index (χ1v) is 9.55. The first-order valence-electron chi connectivity index (χ1n) is 9.55. The molecule has 0 unspecified atom stereocenters. The maximum absolute atomic E-state index is 10.8. The number of anilines is 1. The second kappa shape index (κ2) is 7.58. The van der Waals surface area contributed by atoms with Crippen molar-refractivity contribution in [2.75, 3.05) is 5.32 Å². The van der Waals surface area contributed by atoms with E-state index in [9.17, 15) is 4.79 Å². The first-order chi connectivity index (χ1) is 14.3. The molecule has 154 valence electrons. The summed E-state index contributed by atoms with van der Waals surface area (Å²) in [5.41, 5.74) is 3.27. The van der Waals surface area contributed by atoms with E-state index in [0.29, 0.717) is 28.5 Å². The van der Waals surface area contributed by atoms with Crippen LogP contribution in [0.2, 0.25) is 0 Å². The molecule has 0 bridgehead atoms. The van der Waals surface area contributed by atoms with Crippen LogP contribution in [-0.2, 0) is 11.3 Å². The average molecular weight is 406 g/mol. The van der Waals surface area contributed by atoms with E-state index in [1.165, 1.54) is 4.68 Å². The molecular formula is C21H22N6O3. The molecule has 4 aromatic rings. The van der Waals surface area contributed by atoms with Gasteiger partial charge in [-0.2, -0.15) is 0 Å². The largest absolute Gasteiger partial charge is 0.481 e. The highest BCUT2D eigenvalue weighted by atomic mass is 16.4. The minimum Gasteiger partial charge on any atom is -0.481 e. The van der Waals surface area contributed by atoms with Gasteiger partial charge in [0.2, 0.25) is 5.89 Å². The van der Waals surface area contributed by atoms with Gasteiger partial charge in [0, 0.05) is 17.3 Å². The molecule has 9 heteroatoms. The van der Waals surface area contributed by atoms with E-state index >= 15 is 0 Å². The highest BCUT2D eigenvalue weighted by Gasteiger charge is 2.20. The number of oxazole rings is 1. The number of hydrogen-bond acceptors (Lipinski definition) is 7. The van der Waals surface area contributed by atoms with Gasteiger partial charge in [-0.15, -0.1) is 5.10 Å². The van der Waals surface area contributed by atoms with Gasteiger partial charge in [-0.05, 0) is 39.0 Å². The standard InChI is InChI=1S/C21H22N6O3/c1-21(2,3)24-19-14(20-23-15-6-4-5-7-17(15)30-20)10-13(11-22-19)16-12-27(26-25-16)9-8-18(28)29/h4-7,10-12H,8-9H2,1-3H3,(H,22,24)(H,28,29). The lowest BCUT2D eigenvalue weighted by Crippen LogP contribution is -2.27. The number of rotatable bonds is 6. The van der Waals surface area contributed by atoms with Crippen LogP contribution in [0.5, 0.6) is 0 Å². The van der Waals surface area contributed by atoms with Crippen LogP contribution in [0, 0.1) is 0 Å². The Morgan fingerprint density at radius 3 is 2.80 bits per heavy atom. The lowest BCUT2D eigenvalue weighted by atomic mass is 10.1. The Labute approximate surface area is 172 Å². The van der Waals surface area contributed by atoms with Crippen LogP contribution in [-0.4, -0.2) is 41.6 Å². The highest BCUT2D eigenvalue weighted by Crippen LogP contribution is 2.33. The molecule has 0 aliphatic carbocycles. The predicted octanol–water partition coefficient (Wildman–Crippen LogP) is 3.83. The number of carboxylic acids is 1. The topological polar surface area (TPSA) is 119 Å². The van der Waals surface area contributed by atoms with E-state index in [2.05, 4.69) is 25.6 Å². The van der Waals surface area contributed by atoms with E-state index in [0.717, 1.165) is 11.1 Å². The Balaban J connectivity index is 1.75. The molecule has 0 aliphatic heterocycles. The highest BCUT2D eigenvalue weighted by molar-refractivity contribution is 5.81. The fraction of sp³-hybridized carbons (Fsp3) is 0.286. The molecule has 30 heavy (non-hydrogen) atoms. The van der Waals surface area contributed by atoms with Crippen molar-refractivity contribution in [1.29, 1.82) is 0 Å². The fourth-order valence-electron chi connectivity index (χ4n) is 2.96. The number of carboxylic acid groups (broad SMARTS) is 1. The number of aromatic nitrogens is 5. The normalized spacial score (nSPS) is 11.7. The molecule has 0 atom stereocenters. The maximum Gasteiger partial charge on any atom is 0.305 e. The minimum absolute atomic E-state index is 0.0242. The van der Waals surface area contributed by atoms with Crippen molar-refractivity contribution in [3.63, 3.8) is 0 Å². The summed E-state index contributed by atoms with van der Waals surface area (Å²) in [7, 11) is 0. The number of pyridine rings is 1. The van der Waals surface area contributed by atoms with Crippen molar-refractivity contribution < 1.29 is 14.3 Å².